The van der Waals surface area contributed by atoms with Crippen molar-refractivity contribution in [1.82, 2.24) is 24.8 Å². The summed E-state index contributed by atoms with van der Waals surface area (Å²) in [5, 5.41) is 12.6. The predicted molar refractivity (Wildman–Crippen MR) is 92.5 cm³/mol. The predicted octanol–water partition coefficient (Wildman–Crippen LogP) is 1.17. The van der Waals surface area contributed by atoms with Crippen molar-refractivity contribution in [3.8, 4) is 11.5 Å². The topological polar surface area (TPSA) is 95.5 Å². The number of hydrogen-bond donors (Lipinski definition) is 0. The number of aryl methyl sites for hydroxylation is 1. The van der Waals surface area contributed by atoms with Gasteiger partial charge in [-0.3, -0.25) is 4.79 Å². The second kappa shape index (κ2) is 6.42. The van der Waals surface area contributed by atoms with Crippen LogP contribution >= 0.6 is 0 Å². The zero-order valence-electron chi connectivity index (χ0n) is 15.4. The lowest BCUT2D eigenvalue weighted by atomic mass is 9.98. The third-order valence-electron chi connectivity index (χ3n) is 5.84. The molecule has 5 rings (SSSR count). The van der Waals surface area contributed by atoms with Gasteiger partial charge < -0.3 is 23.5 Å². The van der Waals surface area contributed by atoms with Crippen LogP contribution in [0.2, 0.25) is 0 Å². The maximum atomic E-state index is 12.9. The van der Waals surface area contributed by atoms with Crippen LogP contribution in [0.3, 0.4) is 0 Å². The third-order valence-corrected chi connectivity index (χ3v) is 5.84. The van der Waals surface area contributed by atoms with Gasteiger partial charge in [-0.25, -0.2) is 0 Å². The first-order valence-electron chi connectivity index (χ1n) is 9.50. The van der Waals surface area contributed by atoms with Crippen LogP contribution < -0.4 is 0 Å². The van der Waals surface area contributed by atoms with Crippen LogP contribution in [-0.2, 0) is 27.4 Å². The third kappa shape index (κ3) is 2.94. The first kappa shape index (κ1) is 16.9. The van der Waals surface area contributed by atoms with E-state index in [1.165, 1.54) is 0 Å². The van der Waals surface area contributed by atoms with E-state index in [-0.39, 0.29) is 17.4 Å². The Balaban J connectivity index is 1.35. The Labute approximate surface area is 156 Å². The lowest BCUT2D eigenvalue weighted by Crippen LogP contribution is -2.46. The molecule has 1 spiro atoms. The number of rotatable bonds is 2. The fraction of sp³-hybridized carbons (Fsp3) is 0.667. The van der Waals surface area contributed by atoms with Gasteiger partial charge in [0.15, 0.2) is 17.3 Å². The number of aromatic nitrogens is 4. The summed E-state index contributed by atoms with van der Waals surface area (Å²) in [7, 11) is 0. The molecule has 9 heteroatoms. The number of carbonyl (C=O) groups is 1. The van der Waals surface area contributed by atoms with E-state index < -0.39 is 0 Å². The van der Waals surface area contributed by atoms with Gasteiger partial charge in [-0.15, -0.1) is 10.2 Å². The van der Waals surface area contributed by atoms with Gasteiger partial charge in [0, 0.05) is 31.7 Å². The van der Waals surface area contributed by atoms with Crippen LogP contribution in [-0.4, -0.2) is 62.6 Å². The van der Waals surface area contributed by atoms with Crippen LogP contribution in [0.5, 0.6) is 0 Å². The Bertz CT molecular complexity index is 856. The highest BCUT2D eigenvalue weighted by molar-refractivity contribution is 5.79. The molecule has 0 radical (unpaired) electrons. The molecule has 1 atom stereocenters. The van der Waals surface area contributed by atoms with Crippen LogP contribution in [0, 0.1) is 12.8 Å². The number of amides is 1. The number of carbonyl (C=O) groups excluding carboxylic acids is 1. The summed E-state index contributed by atoms with van der Waals surface area (Å²) < 4.78 is 18.8. The number of likely N-dealkylation sites (tertiary alicyclic amines) is 1. The molecule has 5 heterocycles. The van der Waals surface area contributed by atoms with Crippen molar-refractivity contribution in [3.63, 3.8) is 0 Å². The molecular weight excluding hydrogens is 350 g/mol. The molecule has 0 bridgehead atoms. The van der Waals surface area contributed by atoms with E-state index in [2.05, 4.69) is 19.9 Å². The van der Waals surface area contributed by atoms with Gasteiger partial charge in [-0.2, -0.15) is 0 Å². The maximum Gasteiger partial charge on any atom is 0.225 e. The summed E-state index contributed by atoms with van der Waals surface area (Å²) in [4.78, 5) is 14.8. The summed E-state index contributed by atoms with van der Waals surface area (Å²) >= 11 is 0. The standard InChI is InChI=1S/C18H23N5O4/c1-12-8-14(21-27-12)16-20-19-15-9-26-18(11-23(15)16)4-5-22(10-18)17(24)13-2-6-25-7-3-13/h8,13H,2-7,9-11H2,1H3. The van der Waals surface area contributed by atoms with E-state index in [4.69, 9.17) is 14.0 Å². The van der Waals surface area contributed by atoms with Crippen molar-refractivity contribution in [2.45, 2.75) is 44.9 Å². The molecule has 144 valence electrons. The Morgan fingerprint density at radius 3 is 2.89 bits per heavy atom. The van der Waals surface area contributed by atoms with Crippen molar-refractivity contribution in [1.29, 1.82) is 0 Å². The van der Waals surface area contributed by atoms with Gasteiger partial charge in [0.2, 0.25) is 5.91 Å². The van der Waals surface area contributed by atoms with Crippen LogP contribution in [0.15, 0.2) is 10.6 Å². The average Bonchev–Trinajstić information content (AvgIpc) is 3.41. The minimum absolute atomic E-state index is 0.0802. The normalized spacial score (nSPS) is 25.9. The molecule has 2 aromatic rings. The summed E-state index contributed by atoms with van der Waals surface area (Å²) in [6, 6.07) is 1.86. The van der Waals surface area contributed by atoms with E-state index in [9.17, 15) is 4.79 Å². The minimum atomic E-state index is -0.385. The number of nitrogens with zero attached hydrogens (tertiary/aromatic N) is 5. The fourth-order valence-corrected chi connectivity index (χ4v) is 4.30. The number of ether oxygens (including phenoxy) is 2. The van der Waals surface area contributed by atoms with Gasteiger partial charge in [-0.05, 0) is 26.2 Å². The second-order valence-electron chi connectivity index (χ2n) is 7.72. The maximum absolute atomic E-state index is 12.9. The van der Waals surface area contributed by atoms with Gasteiger partial charge in [0.1, 0.15) is 18.0 Å². The Kier molecular flexibility index (Phi) is 4.01. The monoisotopic (exact) mass is 373 g/mol. The second-order valence-corrected chi connectivity index (χ2v) is 7.72. The van der Waals surface area contributed by atoms with Crippen molar-refractivity contribution < 1.29 is 18.8 Å². The molecular formula is C18H23N5O4. The highest BCUT2D eigenvalue weighted by Crippen LogP contribution is 2.35. The molecule has 3 aliphatic rings. The van der Waals surface area contributed by atoms with E-state index >= 15 is 0 Å². The summed E-state index contributed by atoms with van der Waals surface area (Å²) in [6.07, 6.45) is 2.44. The SMILES string of the molecule is Cc1cc(-c2nnc3n2CC2(CCN(C(=O)C4CCOCC4)C2)OC3)no1. The molecule has 3 aliphatic heterocycles. The van der Waals surface area contributed by atoms with Crippen molar-refractivity contribution in [2.75, 3.05) is 26.3 Å². The zero-order chi connectivity index (χ0) is 18.4. The fourth-order valence-electron chi connectivity index (χ4n) is 4.30. The molecule has 0 N–H and O–H groups in total. The van der Waals surface area contributed by atoms with Crippen molar-refractivity contribution >= 4 is 5.91 Å². The molecule has 1 unspecified atom stereocenters. The molecule has 2 fully saturated rings. The van der Waals surface area contributed by atoms with E-state index in [1.54, 1.807) is 0 Å². The molecule has 0 saturated carbocycles. The van der Waals surface area contributed by atoms with Crippen LogP contribution in [0.4, 0.5) is 0 Å². The molecule has 27 heavy (non-hydrogen) atoms. The zero-order valence-corrected chi connectivity index (χ0v) is 15.4. The van der Waals surface area contributed by atoms with Crippen LogP contribution in [0.1, 0.15) is 30.8 Å². The Morgan fingerprint density at radius 2 is 2.11 bits per heavy atom. The summed E-state index contributed by atoms with van der Waals surface area (Å²) in [5.41, 5.74) is 0.292. The molecule has 0 aromatic carbocycles. The Morgan fingerprint density at radius 1 is 1.26 bits per heavy atom. The van der Waals surface area contributed by atoms with Gasteiger partial charge in [-0.1, -0.05) is 5.16 Å². The Hall–Kier alpha value is -2.26. The van der Waals surface area contributed by atoms with Crippen molar-refractivity contribution in [2.24, 2.45) is 5.92 Å². The minimum Gasteiger partial charge on any atom is -0.381 e. The molecule has 2 aromatic heterocycles. The highest BCUT2D eigenvalue weighted by Gasteiger charge is 2.46. The summed E-state index contributed by atoms with van der Waals surface area (Å²) in [6.45, 7) is 5.56. The van der Waals surface area contributed by atoms with E-state index in [0.29, 0.717) is 44.4 Å². The molecule has 0 aliphatic carbocycles. The quantitative estimate of drug-likeness (QED) is 0.780. The molecule has 9 nitrogen and oxygen atoms in total. The van der Waals surface area contributed by atoms with E-state index in [1.807, 2.05) is 17.9 Å². The first-order chi connectivity index (χ1) is 13.1. The molecule has 1 amide bonds. The number of hydrogen-bond acceptors (Lipinski definition) is 7. The van der Waals surface area contributed by atoms with Gasteiger partial charge in [0.05, 0.1) is 13.1 Å². The highest BCUT2D eigenvalue weighted by atomic mass is 16.5. The van der Waals surface area contributed by atoms with Gasteiger partial charge in [0.25, 0.3) is 0 Å². The first-order valence-corrected chi connectivity index (χ1v) is 9.50. The van der Waals surface area contributed by atoms with Crippen molar-refractivity contribution in [3.05, 3.63) is 17.7 Å². The smallest absolute Gasteiger partial charge is 0.225 e. The summed E-state index contributed by atoms with van der Waals surface area (Å²) in [5.74, 6) is 2.53. The van der Waals surface area contributed by atoms with Gasteiger partial charge >= 0.3 is 0 Å². The lowest BCUT2D eigenvalue weighted by Gasteiger charge is -2.35. The van der Waals surface area contributed by atoms with Crippen LogP contribution in [0.25, 0.3) is 11.5 Å². The van der Waals surface area contributed by atoms with E-state index in [0.717, 1.165) is 37.4 Å². The average molecular weight is 373 g/mol. The number of fused-ring (bicyclic) bond motifs is 1. The molecule has 2 saturated heterocycles. The lowest BCUT2D eigenvalue weighted by molar-refractivity contribution is -0.140. The largest absolute Gasteiger partial charge is 0.381 e.